The van der Waals surface area contributed by atoms with Gasteiger partial charge in [0.25, 0.3) is 5.91 Å². The van der Waals surface area contributed by atoms with Gasteiger partial charge in [0, 0.05) is 25.9 Å². The number of carbonyl (C=O) groups excluding carboxylic acids is 2. The summed E-state index contributed by atoms with van der Waals surface area (Å²) in [6.07, 6.45) is 3.79. The number of hydrogen-bond acceptors (Lipinski definition) is 4. The molecule has 0 atom stereocenters. The molecule has 1 heterocycles. The highest BCUT2D eigenvalue weighted by molar-refractivity contribution is 5.93. The van der Waals surface area contributed by atoms with Crippen molar-refractivity contribution in [3.8, 4) is 5.75 Å². The first kappa shape index (κ1) is 19.4. The van der Waals surface area contributed by atoms with Crippen molar-refractivity contribution in [2.24, 2.45) is 0 Å². The number of hydrogen-bond donors (Lipinski definition) is 2. The van der Waals surface area contributed by atoms with Crippen LogP contribution in [-0.2, 0) is 11.2 Å². The van der Waals surface area contributed by atoms with Gasteiger partial charge in [0.1, 0.15) is 5.75 Å². The van der Waals surface area contributed by atoms with Gasteiger partial charge in [-0.25, -0.2) is 0 Å². The maximum atomic E-state index is 11.9. The number of carbonyl (C=O) groups is 2. The van der Waals surface area contributed by atoms with Crippen molar-refractivity contribution < 1.29 is 14.3 Å². The molecule has 0 aliphatic carbocycles. The second-order valence-corrected chi connectivity index (χ2v) is 4.96. The molecule has 24 heavy (non-hydrogen) atoms. The van der Waals surface area contributed by atoms with Gasteiger partial charge in [-0.15, -0.1) is 12.4 Å². The van der Waals surface area contributed by atoms with Crippen molar-refractivity contribution in [2.45, 2.75) is 13.3 Å². The number of pyridine rings is 1. The number of methoxy groups -OCH3 is 1. The molecule has 0 radical (unpaired) electrons. The molecule has 1 aromatic carbocycles. The minimum atomic E-state index is -0.162. The van der Waals surface area contributed by atoms with E-state index >= 15 is 0 Å². The highest BCUT2D eigenvalue weighted by Crippen LogP contribution is 2.25. The van der Waals surface area contributed by atoms with Crippen LogP contribution in [0.2, 0.25) is 0 Å². The van der Waals surface area contributed by atoms with E-state index in [0.29, 0.717) is 30.0 Å². The number of halogens is 1. The molecule has 2 N–H and O–H groups in total. The summed E-state index contributed by atoms with van der Waals surface area (Å²) in [5.74, 6) is 0.280. The van der Waals surface area contributed by atoms with Crippen molar-refractivity contribution in [3.05, 3.63) is 53.9 Å². The topological polar surface area (TPSA) is 80.3 Å². The Kier molecular flexibility index (Phi) is 7.71. The fourth-order valence-electron chi connectivity index (χ4n) is 2.12. The number of amides is 2. The molecule has 0 aliphatic rings. The summed E-state index contributed by atoms with van der Waals surface area (Å²) in [6, 6.07) is 8.98. The molecule has 0 unspecified atom stereocenters. The fourth-order valence-corrected chi connectivity index (χ4v) is 2.12. The van der Waals surface area contributed by atoms with Crippen LogP contribution in [0.1, 0.15) is 22.8 Å². The number of ether oxygens (including phenoxy) is 1. The lowest BCUT2D eigenvalue weighted by Crippen LogP contribution is -2.25. The Balaban J connectivity index is 0.00000288. The molecule has 0 fully saturated rings. The van der Waals surface area contributed by atoms with E-state index in [0.717, 1.165) is 5.56 Å². The van der Waals surface area contributed by atoms with Crippen molar-refractivity contribution in [3.63, 3.8) is 0 Å². The molecule has 2 rings (SSSR count). The van der Waals surface area contributed by atoms with Gasteiger partial charge >= 0.3 is 0 Å². The molecule has 2 amide bonds. The van der Waals surface area contributed by atoms with E-state index in [1.165, 1.54) is 13.1 Å². The maximum absolute atomic E-state index is 11.9. The van der Waals surface area contributed by atoms with Crippen LogP contribution >= 0.6 is 12.4 Å². The summed E-state index contributed by atoms with van der Waals surface area (Å²) < 4.78 is 5.21. The summed E-state index contributed by atoms with van der Waals surface area (Å²) in [5, 5.41) is 5.57. The predicted molar refractivity (Wildman–Crippen MR) is 94.8 cm³/mol. The third kappa shape index (κ3) is 5.55. The van der Waals surface area contributed by atoms with E-state index in [-0.39, 0.29) is 24.2 Å². The van der Waals surface area contributed by atoms with Crippen molar-refractivity contribution >= 4 is 29.9 Å². The summed E-state index contributed by atoms with van der Waals surface area (Å²) >= 11 is 0. The van der Waals surface area contributed by atoms with Gasteiger partial charge in [0.15, 0.2) is 0 Å². The highest BCUT2D eigenvalue weighted by atomic mass is 35.5. The zero-order chi connectivity index (χ0) is 16.7. The first-order valence-corrected chi connectivity index (χ1v) is 7.23. The quantitative estimate of drug-likeness (QED) is 0.839. The van der Waals surface area contributed by atoms with Gasteiger partial charge < -0.3 is 15.4 Å². The van der Waals surface area contributed by atoms with Crippen LogP contribution in [0.4, 0.5) is 5.69 Å². The highest BCUT2D eigenvalue weighted by Gasteiger charge is 2.07. The number of nitrogens with zero attached hydrogens (tertiary/aromatic N) is 1. The van der Waals surface area contributed by atoms with Gasteiger partial charge in [0.2, 0.25) is 5.91 Å². The van der Waals surface area contributed by atoms with E-state index in [1.54, 1.807) is 31.5 Å². The molecular formula is C17H20ClN3O3. The van der Waals surface area contributed by atoms with Gasteiger partial charge in [-0.2, -0.15) is 0 Å². The third-order valence-corrected chi connectivity index (χ3v) is 3.20. The average molecular weight is 350 g/mol. The van der Waals surface area contributed by atoms with Gasteiger partial charge in [0.05, 0.1) is 18.4 Å². The molecule has 7 heteroatoms. The monoisotopic (exact) mass is 349 g/mol. The SMILES string of the molecule is COc1ccc(CCNC(=O)c2cccnc2)cc1NC(C)=O.Cl. The van der Waals surface area contributed by atoms with Crippen LogP contribution in [0.25, 0.3) is 0 Å². The van der Waals surface area contributed by atoms with Gasteiger partial charge in [-0.1, -0.05) is 6.07 Å². The van der Waals surface area contributed by atoms with Crippen LogP contribution in [0.3, 0.4) is 0 Å². The average Bonchev–Trinajstić information content (AvgIpc) is 2.55. The number of anilines is 1. The molecule has 1 aromatic heterocycles. The maximum Gasteiger partial charge on any atom is 0.252 e. The van der Waals surface area contributed by atoms with Crippen molar-refractivity contribution in [1.82, 2.24) is 10.3 Å². The lowest BCUT2D eigenvalue weighted by atomic mass is 10.1. The molecule has 128 valence electrons. The molecule has 0 spiro atoms. The summed E-state index contributed by atoms with van der Waals surface area (Å²) in [6.45, 7) is 1.93. The summed E-state index contributed by atoms with van der Waals surface area (Å²) in [4.78, 5) is 27.1. The van der Waals surface area contributed by atoms with Crippen LogP contribution in [0.5, 0.6) is 5.75 Å². The normalized spacial score (nSPS) is 9.58. The largest absolute Gasteiger partial charge is 0.495 e. The minimum Gasteiger partial charge on any atom is -0.495 e. The van der Waals surface area contributed by atoms with Crippen molar-refractivity contribution in [2.75, 3.05) is 19.0 Å². The molecule has 0 saturated carbocycles. The summed E-state index contributed by atoms with van der Waals surface area (Å²) in [5.41, 5.74) is 2.14. The van der Waals surface area contributed by atoms with Crippen LogP contribution in [-0.4, -0.2) is 30.5 Å². The fraction of sp³-hybridized carbons (Fsp3) is 0.235. The van der Waals surface area contributed by atoms with E-state index in [1.807, 2.05) is 12.1 Å². The van der Waals surface area contributed by atoms with E-state index in [9.17, 15) is 9.59 Å². The first-order valence-electron chi connectivity index (χ1n) is 7.23. The van der Waals surface area contributed by atoms with E-state index in [2.05, 4.69) is 15.6 Å². The summed E-state index contributed by atoms with van der Waals surface area (Å²) in [7, 11) is 1.55. The molecule has 6 nitrogen and oxygen atoms in total. The standard InChI is InChI=1S/C17H19N3O3.ClH/c1-12(21)20-15-10-13(5-6-16(15)23-2)7-9-19-17(22)14-4-3-8-18-11-14;/h3-6,8,10-11H,7,9H2,1-2H3,(H,19,22)(H,20,21);1H. The van der Waals surface area contributed by atoms with Crippen LogP contribution < -0.4 is 15.4 Å². The molecule has 0 aliphatic heterocycles. The molecule has 2 aromatic rings. The zero-order valence-electron chi connectivity index (χ0n) is 13.5. The van der Waals surface area contributed by atoms with Crippen molar-refractivity contribution in [1.29, 1.82) is 0 Å². The van der Waals surface area contributed by atoms with Crippen LogP contribution in [0.15, 0.2) is 42.7 Å². The second-order valence-electron chi connectivity index (χ2n) is 4.96. The zero-order valence-corrected chi connectivity index (χ0v) is 14.4. The number of nitrogens with one attached hydrogen (secondary N) is 2. The second kappa shape index (κ2) is 9.52. The Labute approximate surface area is 147 Å². The lowest BCUT2D eigenvalue weighted by molar-refractivity contribution is -0.114. The Bertz CT molecular complexity index is 693. The predicted octanol–water partition coefficient (Wildman–Crippen LogP) is 2.44. The first-order chi connectivity index (χ1) is 11.1. The lowest BCUT2D eigenvalue weighted by Gasteiger charge is -2.11. The Morgan fingerprint density at radius 3 is 2.67 bits per heavy atom. The van der Waals surface area contributed by atoms with E-state index in [4.69, 9.17) is 4.74 Å². The number of benzene rings is 1. The van der Waals surface area contributed by atoms with Gasteiger partial charge in [-0.05, 0) is 36.2 Å². The molecule has 0 bridgehead atoms. The Hall–Kier alpha value is -2.60. The molecular weight excluding hydrogens is 330 g/mol. The number of rotatable bonds is 6. The van der Waals surface area contributed by atoms with Gasteiger partial charge in [-0.3, -0.25) is 14.6 Å². The molecule has 0 saturated heterocycles. The Morgan fingerprint density at radius 2 is 2.04 bits per heavy atom. The smallest absolute Gasteiger partial charge is 0.252 e. The van der Waals surface area contributed by atoms with E-state index < -0.39 is 0 Å². The number of aromatic nitrogens is 1. The van der Waals surface area contributed by atoms with Crippen LogP contribution in [0, 0.1) is 0 Å². The Morgan fingerprint density at radius 1 is 1.25 bits per heavy atom. The minimum absolute atomic E-state index is 0. The third-order valence-electron chi connectivity index (χ3n) is 3.20.